The molecular weight excluding hydrogens is 262 g/mol. The van der Waals surface area contributed by atoms with Gasteiger partial charge in [-0.15, -0.1) is 0 Å². The van der Waals surface area contributed by atoms with Crippen molar-refractivity contribution in [1.29, 1.82) is 0 Å². The monoisotopic (exact) mass is 279 g/mol. The molecule has 0 atom stereocenters. The van der Waals surface area contributed by atoms with E-state index < -0.39 is 0 Å². The summed E-state index contributed by atoms with van der Waals surface area (Å²) in [5.41, 5.74) is 7.83. The maximum absolute atomic E-state index is 6.00. The van der Waals surface area contributed by atoms with Crippen molar-refractivity contribution >= 4 is 16.5 Å². The molecule has 3 aromatic carbocycles. The van der Waals surface area contributed by atoms with E-state index in [1.807, 2.05) is 60.7 Å². The number of ether oxygens (including phenoxy) is 2. The lowest BCUT2D eigenvalue weighted by Crippen LogP contribution is -1.97. The van der Waals surface area contributed by atoms with Crippen molar-refractivity contribution in [1.82, 2.24) is 0 Å². The summed E-state index contributed by atoms with van der Waals surface area (Å²) in [6.45, 7) is 0.491. The van der Waals surface area contributed by atoms with Gasteiger partial charge in [-0.25, -0.2) is 0 Å². The predicted octanol–water partition coefficient (Wildman–Crippen LogP) is 4.01. The summed E-state index contributed by atoms with van der Waals surface area (Å²) in [4.78, 5) is 0. The molecule has 0 amide bonds. The average molecular weight is 279 g/mol. The lowest BCUT2D eigenvalue weighted by atomic mass is 10.1. The number of nitrogen functional groups attached to an aromatic ring is 1. The lowest BCUT2D eigenvalue weighted by Gasteiger charge is -2.11. The van der Waals surface area contributed by atoms with Crippen LogP contribution in [0.1, 0.15) is 5.56 Å². The van der Waals surface area contributed by atoms with Gasteiger partial charge in [0, 0.05) is 16.5 Å². The fourth-order valence-corrected chi connectivity index (χ4v) is 2.35. The molecule has 0 spiro atoms. The zero-order valence-corrected chi connectivity index (χ0v) is 11.9. The Labute approximate surface area is 123 Å². The zero-order chi connectivity index (χ0) is 14.7. The summed E-state index contributed by atoms with van der Waals surface area (Å²) in [6, 6.07) is 19.6. The van der Waals surface area contributed by atoms with Crippen molar-refractivity contribution in [2.24, 2.45) is 0 Å². The van der Waals surface area contributed by atoms with E-state index in [0.717, 1.165) is 33.5 Å². The first kappa shape index (κ1) is 13.3. The van der Waals surface area contributed by atoms with E-state index in [9.17, 15) is 0 Å². The number of hydrogen-bond donors (Lipinski definition) is 1. The number of rotatable bonds is 4. The van der Waals surface area contributed by atoms with Gasteiger partial charge in [0.1, 0.15) is 18.1 Å². The standard InChI is InChI=1S/C18H17NO2/c1-20-14-6-2-5-13(11-14)12-21-18-10-4-7-15-16(18)8-3-9-17(15)19/h2-11H,12,19H2,1H3. The molecule has 3 aromatic rings. The molecule has 21 heavy (non-hydrogen) atoms. The van der Waals surface area contributed by atoms with Crippen LogP contribution in [0.2, 0.25) is 0 Å². The summed E-state index contributed by atoms with van der Waals surface area (Å²) in [5, 5.41) is 2.04. The van der Waals surface area contributed by atoms with Crippen molar-refractivity contribution in [2.45, 2.75) is 6.61 Å². The fraction of sp³-hybridized carbons (Fsp3) is 0.111. The van der Waals surface area contributed by atoms with E-state index in [1.165, 1.54) is 0 Å². The lowest BCUT2D eigenvalue weighted by molar-refractivity contribution is 0.309. The Hall–Kier alpha value is -2.68. The molecule has 0 heterocycles. The average Bonchev–Trinajstić information content (AvgIpc) is 2.53. The first-order chi connectivity index (χ1) is 10.3. The highest BCUT2D eigenvalue weighted by Crippen LogP contribution is 2.29. The van der Waals surface area contributed by atoms with Crippen LogP contribution in [0.15, 0.2) is 60.7 Å². The van der Waals surface area contributed by atoms with E-state index in [-0.39, 0.29) is 0 Å². The Balaban J connectivity index is 1.87. The fourth-order valence-electron chi connectivity index (χ4n) is 2.35. The summed E-state index contributed by atoms with van der Waals surface area (Å²) >= 11 is 0. The van der Waals surface area contributed by atoms with Crippen LogP contribution in [0.4, 0.5) is 5.69 Å². The van der Waals surface area contributed by atoms with Crippen molar-refractivity contribution in [3.8, 4) is 11.5 Å². The molecule has 0 aliphatic heterocycles. The third kappa shape index (κ3) is 2.77. The third-order valence-corrected chi connectivity index (χ3v) is 3.44. The summed E-state index contributed by atoms with van der Waals surface area (Å²) in [6.07, 6.45) is 0. The highest BCUT2D eigenvalue weighted by atomic mass is 16.5. The van der Waals surface area contributed by atoms with Gasteiger partial charge < -0.3 is 15.2 Å². The minimum Gasteiger partial charge on any atom is -0.497 e. The van der Waals surface area contributed by atoms with E-state index in [4.69, 9.17) is 15.2 Å². The Bertz CT molecular complexity index is 768. The Morgan fingerprint density at radius 1 is 0.905 bits per heavy atom. The molecule has 3 nitrogen and oxygen atoms in total. The van der Waals surface area contributed by atoms with Crippen LogP contribution in [0, 0.1) is 0 Å². The molecule has 0 fully saturated rings. The summed E-state index contributed by atoms with van der Waals surface area (Å²) < 4.78 is 11.2. The van der Waals surface area contributed by atoms with E-state index in [0.29, 0.717) is 6.61 Å². The number of anilines is 1. The molecule has 2 N–H and O–H groups in total. The van der Waals surface area contributed by atoms with Gasteiger partial charge in [0.05, 0.1) is 7.11 Å². The zero-order valence-electron chi connectivity index (χ0n) is 11.9. The smallest absolute Gasteiger partial charge is 0.127 e. The van der Waals surface area contributed by atoms with Gasteiger partial charge in [0.15, 0.2) is 0 Å². The van der Waals surface area contributed by atoms with Crippen LogP contribution in [-0.4, -0.2) is 7.11 Å². The molecule has 0 aliphatic carbocycles. The van der Waals surface area contributed by atoms with E-state index >= 15 is 0 Å². The molecule has 0 bridgehead atoms. The Kier molecular flexibility index (Phi) is 3.65. The molecule has 3 heteroatoms. The van der Waals surface area contributed by atoms with Crippen LogP contribution in [0.3, 0.4) is 0 Å². The molecule has 106 valence electrons. The van der Waals surface area contributed by atoms with Crippen LogP contribution < -0.4 is 15.2 Å². The van der Waals surface area contributed by atoms with Crippen molar-refractivity contribution in [2.75, 3.05) is 12.8 Å². The quantitative estimate of drug-likeness (QED) is 0.734. The molecule has 3 rings (SSSR count). The Morgan fingerprint density at radius 3 is 2.52 bits per heavy atom. The maximum Gasteiger partial charge on any atom is 0.127 e. The van der Waals surface area contributed by atoms with Gasteiger partial charge in [0.25, 0.3) is 0 Å². The highest BCUT2D eigenvalue weighted by Gasteiger charge is 2.04. The number of methoxy groups -OCH3 is 1. The first-order valence-electron chi connectivity index (χ1n) is 6.81. The molecule has 0 aromatic heterocycles. The normalized spacial score (nSPS) is 10.5. The van der Waals surface area contributed by atoms with Crippen LogP contribution in [0.25, 0.3) is 10.8 Å². The molecule has 0 saturated carbocycles. The summed E-state index contributed by atoms with van der Waals surface area (Å²) in [5.74, 6) is 1.67. The SMILES string of the molecule is COc1cccc(COc2cccc3c(N)cccc23)c1. The molecule has 0 unspecified atom stereocenters. The number of hydrogen-bond acceptors (Lipinski definition) is 3. The predicted molar refractivity (Wildman–Crippen MR) is 85.7 cm³/mol. The van der Waals surface area contributed by atoms with E-state index in [2.05, 4.69) is 0 Å². The second-order valence-corrected chi connectivity index (χ2v) is 4.84. The maximum atomic E-state index is 6.00. The number of nitrogens with two attached hydrogens (primary N) is 1. The number of fused-ring (bicyclic) bond motifs is 1. The van der Waals surface area contributed by atoms with Gasteiger partial charge in [-0.05, 0) is 29.8 Å². The first-order valence-corrected chi connectivity index (χ1v) is 6.81. The largest absolute Gasteiger partial charge is 0.497 e. The second kappa shape index (κ2) is 5.75. The molecular formula is C18H17NO2. The topological polar surface area (TPSA) is 44.5 Å². The summed E-state index contributed by atoms with van der Waals surface area (Å²) in [7, 11) is 1.66. The van der Waals surface area contributed by atoms with Crippen LogP contribution in [-0.2, 0) is 6.61 Å². The Morgan fingerprint density at radius 2 is 1.67 bits per heavy atom. The minimum atomic E-state index is 0.491. The van der Waals surface area contributed by atoms with Gasteiger partial charge in [0.2, 0.25) is 0 Å². The van der Waals surface area contributed by atoms with Crippen LogP contribution in [0.5, 0.6) is 11.5 Å². The molecule has 0 radical (unpaired) electrons. The van der Waals surface area contributed by atoms with Crippen molar-refractivity contribution in [3.05, 3.63) is 66.2 Å². The van der Waals surface area contributed by atoms with Gasteiger partial charge in [-0.1, -0.05) is 36.4 Å². The molecule has 0 aliphatic rings. The van der Waals surface area contributed by atoms with Crippen molar-refractivity contribution < 1.29 is 9.47 Å². The third-order valence-electron chi connectivity index (χ3n) is 3.44. The highest BCUT2D eigenvalue weighted by molar-refractivity contribution is 5.96. The van der Waals surface area contributed by atoms with Gasteiger partial charge >= 0.3 is 0 Å². The van der Waals surface area contributed by atoms with Crippen LogP contribution >= 0.6 is 0 Å². The molecule has 0 saturated heterocycles. The number of benzene rings is 3. The van der Waals surface area contributed by atoms with Gasteiger partial charge in [-0.3, -0.25) is 0 Å². The van der Waals surface area contributed by atoms with Gasteiger partial charge in [-0.2, -0.15) is 0 Å². The minimum absolute atomic E-state index is 0.491. The van der Waals surface area contributed by atoms with E-state index in [1.54, 1.807) is 7.11 Å². The van der Waals surface area contributed by atoms with Crippen molar-refractivity contribution in [3.63, 3.8) is 0 Å². The second-order valence-electron chi connectivity index (χ2n) is 4.84.